The number of carbonyl (C=O) groups excluding carboxylic acids is 2. The summed E-state index contributed by atoms with van der Waals surface area (Å²) in [5.74, 6) is -0.243. The first-order valence-corrected chi connectivity index (χ1v) is 27.3. The normalized spacial score (nSPS) is 14.8. The van der Waals surface area contributed by atoms with E-state index < -0.39 is 18.1 Å². The fourth-order valence-corrected chi connectivity index (χ4v) is 10.2. The largest absolute Gasteiger partial charge is 0.508 e. The van der Waals surface area contributed by atoms with Gasteiger partial charge < -0.3 is 51.0 Å². The molecule has 1 aliphatic carbocycles. The summed E-state index contributed by atoms with van der Waals surface area (Å²) >= 11 is 0. The number of anilines is 4. The number of benzene rings is 3. The van der Waals surface area contributed by atoms with E-state index in [9.17, 15) is 29.4 Å². The summed E-state index contributed by atoms with van der Waals surface area (Å²) in [5, 5.41) is 42.5. The molecule has 3 aromatic heterocycles. The van der Waals surface area contributed by atoms with E-state index in [0.29, 0.717) is 118 Å². The van der Waals surface area contributed by atoms with Gasteiger partial charge in [0.2, 0.25) is 29.7 Å². The summed E-state index contributed by atoms with van der Waals surface area (Å²) in [5.41, 5.74) is 15.1. The van der Waals surface area contributed by atoms with E-state index in [2.05, 4.69) is 39.8 Å². The Morgan fingerprint density at radius 3 is 1.74 bits per heavy atom. The number of rotatable bonds is 24. The number of piperazine rings is 2. The molecule has 2 atom stereocenters. The minimum Gasteiger partial charge on any atom is -0.508 e. The number of carboxylic acid groups (broad SMARTS) is 1. The highest BCUT2D eigenvalue weighted by Crippen LogP contribution is 2.43. The van der Waals surface area contributed by atoms with E-state index in [1.807, 2.05) is 32.0 Å². The second-order valence-corrected chi connectivity index (χ2v) is 20.1. The quantitative estimate of drug-likeness (QED) is 0.0353. The van der Waals surface area contributed by atoms with Crippen molar-refractivity contribution >= 4 is 52.3 Å². The molecule has 23 nitrogen and oxygen atoms in total. The van der Waals surface area contributed by atoms with Gasteiger partial charge in [0.15, 0.2) is 5.43 Å². The molecule has 3 aliphatic heterocycles. The molecule has 23 heteroatoms. The van der Waals surface area contributed by atoms with Crippen LogP contribution in [0.5, 0.6) is 5.75 Å². The van der Waals surface area contributed by atoms with Crippen molar-refractivity contribution in [1.82, 2.24) is 54.7 Å². The molecule has 2 fully saturated rings. The van der Waals surface area contributed by atoms with E-state index >= 15 is 0 Å². The number of hydrogen-bond donors (Lipinski definition) is 5. The van der Waals surface area contributed by atoms with Crippen molar-refractivity contribution in [3.05, 3.63) is 94.2 Å². The second kappa shape index (κ2) is 25.4. The summed E-state index contributed by atoms with van der Waals surface area (Å²) < 4.78 is 9.45. The van der Waals surface area contributed by atoms with Gasteiger partial charge in [0, 0.05) is 99.1 Å². The first-order chi connectivity index (χ1) is 37.9. The molecule has 0 unspecified atom stereocenters. The molecule has 0 spiro atoms. The van der Waals surface area contributed by atoms with Crippen molar-refractivity contribution < 1.29 is 29.0 Å². The van der Waals surface area contributed by atoms with Gasteiger partial charge in [0.25, 0.3) is 0 Å². The summed E-state index contributed by atoms with van der Waals surface area (Å²) in [6.07, 6.45) is 13.6. The second-order valence-electron chi connectivity index (χ2n) is 20.1. The summed E-state index contributed by atoms with van der Waals surface area (Å²) in [7, 11) is 0. The lowest BCUT2D eigenvalue weighted by molar-refractivity contribution is -0.136. The third-order valence-electron chi connectivity index (χ3n) is 14.6. The number of unbranched alkanes of at least 4 members (excludes halogenated alkanes) is 4. The van der Waals surface area contributed by atoms with Gasteiger partial charge in [-0.25, -0.2) is 14.2 Å². The molecule has 78 heavy (non-hydrogen) atoms. The first-order valence-electron chi connectivity index (χ1n) is 27.3. The van der Waals surface area contributed by atoms with Crippen LogP contribution >= 0.6 is 0 Å². The number of amides is 2. The SMILES string of the molecule is CCCCc1cn([C@@H](CCCCN)C(=O)N2CCN(c3nc(Nc4ccc(-c5c6ccc(=O)cc-6oc6cc(O)ccc56)c(C(=O)O)c4)nc(N4CCN(C(=O)[C@H](CCCCN)n5cc(CCCC)nn5)CC4)n3)CC2)nn1. The number of aromatic nitrogens is 9. The number of carboxylic acids is 1. The number of fused-ring (bicyclic) bond motifs is 2. The molecule has 412 valence electrons. The molecule has 6 heterocycles. The van der Waals surface area contributed by atoms with Crippen LogP contribution in [0.2, 0.25) is 0 Å². The van der Waals surface area contributed by atoms with Gasteiger partial charge in [-0.2, -0.15) is 15.0 Å². The number of aryl methyl sites for hydroxylation is 2. The van der Waals surface area contributed by atoms with Gasteiger partial charge in [-0.05, 0) is 119 Å². The Balaban J connectivity index is 0.997. The number of phenols is 1. The lowest BCUT2D eigenvalue weighted by Gasteiger charge is -2.38. The lowest BCUT2D eigenvalue weighted by Crippen LogP contribution is -2.52. The highest BCUT2D eigenvalue weighted by molar-refractivity contribution is 6.08. The molecule has 0 saturated carbocycles. The standard InChI is InChI=1S/C55H70N16O7/c1-3-5-11-37-34-70(64-62-37)45(13-7-9-21-56)50(74)66-23-27-68(28-24-66)54-59-53(60-55(61-54)69-29-25-67(26-30-69)51(75)46(14-8-10-22-57)71-35-38(63-65-71)12-6-4-2)58-36-15-18-41(44(31-36)52(76)77)49-42-19-16-39(72)32-47(42)78-48-33-40(73)17-20-43(48)49/h15-20,31-35,45-46,72H,3-14,21-30,56-57H2,1-2H3,(H,76,77)(H,58,59,60,61)/t45-,46-/m0/s1. The van der Waals surface area contributed by atoms with Crippen LogP contribution in [0.25, 0.3) is 33.4 Å². The third-order valence-corrected chi connectivity index (χ3v) is 14.6. The predicted octanol–water partition coefficient (Wildman–Crippen LogP) is 5.80. The smallest absolute Gasteiger partial charge is 0.336 e. The maximum Gasteiger partial charge on any atom is 0.336 e. The van der Waals surface area contributed by atoms with E-state index in [0.717, 1.165) is 75.6 Å². The number of nitrogens with two attached hydrogens (primary N) is 2. The average Bonchev–Trinajstić information content (AvgIpc) is 4.28. The van der Waals surface area contributed by atoms with Gasteiger partial charge in [0.1, 0.15) is 29.2 Å². The predicted molar refractivity (Wildman–Crippen MR) is 295 cm³/mol. The Labute approximate surface area is 452 Å². The fraction of sp³-hybridized carbons (Fsp3) is 0.473. The molecular weight excluding hydrogens is 997 g/mol. The lowest BCUT2D eigenvalue weighted by atomic mass is 9.90. The number of aromatic hydroxyl groups is 1. The molecule has 2 aromatic carbocycles. The Kier molecular flexibility index (Phi) is 17.8. The number of nitrogens with zero attached hydrogens (tertiary/aromatic N) is 13. The Bertz CT molecular complexity index is 3100. The van der Waals surface area contributed by atoms with E-state index in [1.54, 1.807) is 33.6 Å². The maximum atomic E-state index is 14.3. The minimum atomic E-state index is -1.21. The van der Waals surface area contributed by atoms with Crippen LogP contribution < -0.4 is 32.0 Å². The maximum absolute atomic E-state index is 14.3. The zero-order chi connectivity index (χ0) is 54.7. The van der Waals surface area contributed by atoms with Gasteiger partial charge in [-0.3, -0.25) is 14.4 Å². The topological polar surface area (TPSA) is 299 Å². The molecule has 4 aliphatic rings. The molecule has 7 N–H and O–H groups in total. The molecule has 2 saturated heterocycles. The monoisotopic (exact) mass is 1070 g/mol. The van der Waals surface area contributed by atoms with Crippen LogP contribution in [-0.2, 0) is 22.4 Å². The van der Waals surface area contributed by atoms with Crippen molar-refractivity contribution in [2.75, 3.05) is 80.6 Å². The van der Waals surface area contributed by atoms with Crippen molar-refractivity contribution in [3.8, 4) is 28.2 Å². The van der Waals surface area contributed by atoms with Crippen molar-refractivity contribution in [2.45, 2.75) is 103 Å². The summed E-state index contributed by atoms with van der Waals surface area (Å²) in [6.45, 7) is 8.51. The van der Waals surface area contributed by atoms with Crippen LogP contribution in [0.15, 0.2) is 76.2 Å². The van der Waals surface area contributed by atoms with Gasteiger partial charge in [-0.15, -0.1) is 10.2 Å². The molecular formula is C55H70N16O7. The number of carbonyl (C=O) groups is 3. The highest BCUT2D eigenvalue weighted by Gasteiger charge is 2.33. The number of aromatic carboxylic acids is 1. The average molecular weight is 1070 g/mol. The van der Waals surface area contributed by atoms with Crippen LogP contribution in [0.1, 0.15) is 112 Å². The van der Waals surface area contributed by atoms with E-state index in [1.165, 1.54) is 30.3 Å². The molecule has 5 aromatic rings. The Morgan fingerprint density at radius 2 is 1.22 bits per heavy atom. The third kappa shape index (κ3) is 12.7. The molecule has 2 amide bonds. The minimum absolute atomic E-state index is 0.0380. The Hall–Kier alpha value is -8.05. The van der Waals surface area contributed by atoms with Crippen LogP contribution in [0.3, 0.4) is 0 Å². The zero-order valence-corrected chi connectivity index (χ0v) is 44.5. The number of nitrogens with one attached hydrogen (secondary N) is 1. The number of phenolic OH excluding ortho intramolecular Hbond substituents is 1. The highest BCUT2D eigenvalue weighted by atomic mass is 16.4. The van der Waals surface area contributed by atoms with Crippen LogP contribution in [0.4, 0.5) is 23.5 Å². The number of hydrogen-bond acceptors (Lipinski definition) is 18. The fourth-order valence-electron chi connectivity index (χ4n) is 10.2. The molecule has 9 rings (SSSR count). The van der Waals surface area contributed by atoms with Gasteiger partial charge >= 0.3 is 5.97 Å². The Morgan fingerprint density at radius 1 is 0.667 bits per heavy atom. The van der Waals surface area contributed by atoms with Gasteiger partial charge in [-0.1, -0.05) is 43.2 Å². The molecule has 0 bridgehead atoms. The van der Waals surface area contributed by atoms with Crippen molar-refractivity contribution in [1.29, 1.82) is 0 Å². The van der Waals surface area contributed by atoms with Crippen LogP contribution in [0, 0.1) is 0 Å². The zero-order valence-electron chi connectivity index (χ0n) is 44.5. The van der Waals surface area contributed by atoms with Crippen molar-refractivity contribution in [3.63, 3.8) is 0 Å². The first kappa shape index (κ1) is 54.7. The van der Waals surface area contributed by atoms with Crippen LogP contribution in [-0.4, -0.2) is 148 Å². The molecule has 0 radical (unpaired) electrons. The van der Waals surface area contributed by atoms with Gasteiger partial charge in [0.05, 0.1) is 17.0 Å². The summed E-state index contributed by atoms with van der Waals surface area (Å²) in [6, 6.07) is 12.7. The van der Waals surface area contributed by atoms with E-state index in [4.69, 9.17) is 30.8 Å². The summed E-state index contributed by atoms with van der Waals surface area (Å²) in [4.78, 5) is 76.9. The van der Waals surface area contributed by atoms with E-state index in [-0.39, 0.29) is 45.8 Å². The van der Waals surface area contributed by atoms with Crippen molar-refractivity contribution in [2.24, 2.45) is 11.5 Å².